The van der Waals surface area contributed by atoms with Gasteiger partial charge in [0.2, 0.25) is 0 Å². The van der Waals surface area contributed by atoms with E-state index in [9.17, 15) is 0 Å². The first kappa shape index (κ1) is 14.9. The van der Waals surface area contributed by atoms with Gasteiger partial charge in [-0.2, -0.15) is 5.26 Å². The number of nitriles is 1. The van der Waals surface area contributed by atoms with Crippen LogP contribution in [0.25, 0.3) is 0 Å². The summed E-state index contributed by atoms with van der Waals surface area (Å²) in [4.78, 5) is 0. The van der Waals surface area contributed by atoms with Gasteiger partial charge in [-0.05, 0) is 23.6 Å². The zero-order valence-corrected chi connectivity index (χ0v) is 11.3. The van der Waals surface area contributed by atoms with Crippen LogP contribution in [0, 0.1) is 11.3 Å². The van der Waals surface area contributed by atoms with Crippen LogP contribution in [-0.4, -0.2) is 6.26 Å². The second-order valence-electron chi connectivity index (χ2n) is 3.19. The molecule has 0 aliphatic carbocycles. The summed E-state index contributed by atoms with van der Waals surface area (Å²) in [5.74, 6) is 0.309. The van der Waals surface area contributed by atoms with E-state index >= 15 is 0 Å². The largest absolute Gasteiger partial charge is 0.330 e. The zero-order valence-electron chi connectivity index (χ0n) is 10.4. The smallest absolute Gasteiger partial charge is 0.0628 e. The molecule has 0 fully saturated rings. The summed E-state index contributed by atoms with van der Waals surface area (Å²) in [5, 5.41) is 8.60. The van der Waals surface area contributed by atoms with Gasteiger partial charge in [0.25, 0.3) is 0 Å². The Morgan fingerprint density at radius 1 is 1.44 bits per heavy atom. The number of nitrogens with one attached hydrogen (secondary N) is 1. The molecule has 0 amide bonds. The predicted octanol–water partition coefficient (Wildman–Crippen LogP) is 4.42. The van der Waals surface area contributed by atoms with Crippen LogP contribution in [0.1, 0.15) is 38.7 Å². The Labute approximate surface area is 103 Å². The molecular formula is C13H20N2S. The average Bonchev–Trinajstić information content (AvgIpc) is 2.33. The Kier molecular flexibility index (Phi) is 8.46. The summed E-state index contributed by atoms with van der Waals surface area (Å²) in [6.45, 7) is 6.07. The Bertz CT molecular complexity index is 331. The van der Waals surface area contributed by atoms with Gasteiger partial charge in [-0.15, -0.1) is 0 Å². The quantitative estimate of drug-likeness (QED) is 0.786. The highest BCUT2D eigenvalue weighted by molar-refractivity contribution is 7.99. The van der Waals surface area contributed by atoms with E-state index in [0.717, 1.165) is 5.69 Å². The first-order valence-corrected chi connectivity index (χ1v) is 6.76. The number of benzene rings is 1. The van der Waals surface area contributed by atoms with E-state index in [-0.39, 0.29) is 0 Å². The Morgan fingerprint density at radius 3 is 2.69 bits per heavy atom. The van der Waals surface area contributed by atoms with Crippen LogP contribution in [0.15, 0.2) is 24.3 Å². The van der Waals surface area contributed by atoms with E-state index in [1.165, 1.54) is 5.56 Å². The van der Waals surface area contributed by atoms with Crippen molar-refractivity contribution in [1.82, 2.24) is 0 Å². The van der Waals surface area contributed by atoms with Crippen LogP contribution in [0.3, 0.4) is 0 Å². The molecule has 1 N–H and O–H groups in total. The normalized spacial score (nSPS) is 10.7. The first-order valence-electron chi connectivity index (χ1n) is 5.54. The van der Waals surface area contributed by atoms with Crippen molar-refractivity contribution >= 4 is 17.6 Å². The first-order chi connectivity index (χ1) is 7.77. The lowest BCUT2D eigenvalue weighted by Crippen LogP contribution is -1.93. The van der Waals surface area contributed by atoms with Gasteiger partial charge >= 0.3 is 0 Å². The topological polar surface area (TPSA) is 35.8 Å². The van der Waals surface area contributed by atoms with Crippen molar-refractivity contribution in [2.45, 2.75) is 33.1 Å². The van der Waals surface area contributed by atoms with Gasteiger partial charge in [-0.25, -0.2) is 0 Å². The third kappa shape index (κ3) is 5.09. The molecule has 1 unspecified atom stereocenters. The minimum Gasteiger partial charge on any atom is -0.330 e. The molecule has 88 valence electrons. The third-order valence-electron chi connectivity index (χ3n) is 2.07. The van der Waals surface area contributed by atoms with E-state index in [4.69, 9.17) is 5.26 Å². The Morgan fingerprint density at radius 2 is 2.12 bits per heavy atom. The minimum absolute atomic E-state index is 0.309. The fourth-order valence-corrected chi connectivity index (χ4v) is 1.64. The summed E-state index contributed by atoms with van der Waals surface area (Å²) in [7, 11) is 0. The van der Waals surface area contributed by atoms with E-state index in [1.807, 2.05) is 32.2 Å². The summed E-state index contributed by atoms with van der Waals surface area (Å²) in [5.41, 5.74) is 2.31. The molecule has 0 radical (unpaired) electrons. The number of anilines is 1. The highest BCUT2D eigenvalue weighted by atomic mass is 32.2. The van der Waals surface area contributed by atoms with Gasteiger partial charge in [0.15, 0.2) is 0 Å². The molecule has 0 spiro atoms. The van der Waals surface area contributed by atoms with E-state index in [0.29, 0.717) is 12.3 Å². The van der Waals surface area contributed by atoms with E-state index < -0.39 is 0 Å². The summed E-state index contributed by atoms with van der Waals surface area (Å²) >= 11 is 1.57. The van der Waals surface area contributed by atoms with Gasteiger partial charge in [0.05, 0.1) is 6.07 Å². The fourth-order valence-electron chi connectivity index (χ4n) is 1.28. The van der Waals surface area contributed by atoms with Crippen molar-refractivity contribution < 1.29 is 0 Å². The van der Waals surface area contributed by atoms with Crippen LogP contribution in [0.2, 0.25) is 0 Å². The number of hydrogen-bond donors (Lipinski definition) is 1. The number of rotatable bonds is 4. The Balaban J connectivity index is 0.00000106. The lowest BCUT2D eigenvalue weighted by atomic mass is 9.98. The third-order valence-corrected chi connectivity index (χ3v) is 2.51. The average molecular weight is 236 g/mol. The molecule has 0 aliphatic heterocycles. The van der Waals surface area contributed by atoms with Crippen molar-refractivity contribution in [2.24, 2.45) is 0 Å². The molecule has 0 bridgehead atoms. The van der Waals surface area contributed by atoms with Gasteiger partial charge in [-0.1, -0.05) is 44.9 Å². The monoisotopic (exact) mass is 236 g/mol. The lowest BCUT2D eigenvalue weighted by Gasteiger charge is -2.09. The van der Waals surface area contributed by atoms with Gasteiger partial charge in [-0.3, -0.25) is 0 Å². The maximum absolute atomic E-state index is 8.60. The molecule has 3 heteroatoms. The SMILES string of the molecule is CC.CSNc1cccc(C(C)CC#N)c1. The molecule has 0 aromatic heterocycles. The van der Waals surface area contributed by atoms with Crippen LogP contribution in [-0.2, 0) is 0 Å². The molecule has 2 nitrogen and oxygen atoms in total. The summed E-state index contributed by atoms with van der Waals surface area (Å²) < 4.78 is 3.18. The molecule has 1 atom stereocenters. The predicted molar refractivity (Wildman–Crippen MR) is 73.6 cm³/mol. The highest BCUT2D eigenvalue weighted by Gasteiger charge is 2.04. The van der Waals surface area contributed by atoms with Crippen LogP contribution >= 0.6 is 11.9 Å². The van der Waals surface area contributed by atoms with Crippen molar-refractivity contribution in [1.29, 1.82) is 5.26 Å². The fraction of sp³-hybridized carbons (Fsp3) is 0.462. The molecule has 16 heavy (non-hydrogen) atoms. The molecular weight excluding hydrogens is 216 g/mol. The molecule has 0 aliphatic rings. The molecule has 1 aromatic carbocycles. The standard InChI is InChI=1S/C11H14N2S.C2H6/c1-9(6-7-12)10-4-3-5-11(8-10)13-14-2;1-2/h3-5,8-9,13H,6H2,1-2H3;1-2H3. The molecule has 0 saturated carbocycles. The maximum atomic E-state index is 8.60. The molecule has 0 heterocycles. The Hall–Kier alpha value is -1.14. The van der Waals surface area contributed by atoms with Crippen molar-refractivity contribution in [3.63, 3.8) is 0 Å². The highest BCUT2D eigenvalue weighted by Crippen LogP contribution is 2.22. The van der Waals surface area contributed by atoms with Crippen molar-refractivity contribution in [2.75, 3.05) is 11.0 Å². The zero-order chi connectivity index (χ0) is 12.4. The van der Waals surface area contributed by atoms with Gasteiger partial charge in [0, 0.05) is 18.4 Å². The molecule has 0 saturated heterocycles. The van der Waals surface area contributed by atoms with Crippen molar-refractivity contribution in [3.8, 4) is 6.07 Å². The van der Waals surface area contributed by atoms with Crippen LogP contribution in [0.5, 0.6) is 0 Å². The van der Waals surface area contributed by atoms with Gasteiger partial charge < -0.3 is 4.72 Å². The second-order valence-corrected chi connectivity index (χ2v) is 3.81. The summed E-state index contributed by atoms with van der Waals surface area (Å²) in [6.07, 6.45) is 2.56. The maximum Gasteiger partial charge on any atom is 0.0628 e. The lowest BCUT2D eigenvalue weighted by molar-refractivity contribution is 0.789. The van der Waals surface area contributed by atoms with Crippen LogP contribution in [0.4, 0.5) is 5.69 Å². The van der Waals surface area contributed by atoms with Crippen molar-refractivity contribution in [3.05, 3.63) is 29.8 Å². The van der Waals surface area contributed by atoms with E-state index in [2.05, 4.69) is 29.8 Å². The number of hydrogen-bond acceptors (Lipinski definition) is 3. The summed E-state index contributed by atoms with van der Waals surface area (Å²) in [6, 6.07) is 10.4. The second kappa shape index (κ2) is 9.11. The molecule has 1 rings (SSSR count). The van der Waals surface area contributed by atoms with E-state index in [1.54, 1.807) is 11.9 Å². The number of nitrogens with zero attached hydrogens (tertiary/aromatic N) is 1. The van der Waals surface area contributed by atoms with Gasteiger partial charge in [0.1, 0.15) is 0 Å². The van der Waals surface area contributed by atoms with Crippen LogP contribution < -0.4 is 4.72 Å². The molecule has 1 aromatic rings. The minimum atomic E-state index is 0.309.